The summed E-state index contributed by atoms with van der Waals surface area (Å²) >= 11 is 0. The van der Waals surface area contributed by atoms with Gasteiger partial charge in [0.05, 0.1) is 40.7 Å². The van der Waals surface area contributed by atoms with Crippen molar-refractivity contribution in [3.8, 4) is 0 Å². The Kier molecular flexibility index (Phi) is 4.98. The van der Waals surface area contributed by atoms with Gasteiger partial charge in [-0.15, -0.1) is 5.70 Å². The number of hydrazine groups is 1. The molecule has 0 spiro atoms. The molecule has 1 aliphatic rings. The van der Waals surface area contributed by atoms with E-state index in [1.807, 2.05) is 18.1 Å². The third-order valence-electron chi connectivity index (χ3n) is 2.74. The summed E-state index contributed by atoms with van der Waals surface area (Å²) in [7, 11) is 7.86. The number of quaternary nitrogens is 1. The maximum Gasteiger partial charge on any atom is 0.310 e. The molecule has 1 unspecified atom stereocenters. The number of esters is 1. The van der Waals surface area contributed by atoms with Crippen molar-refractivity contribution in [3.63, 3.8) is 0 Å². The number of rotatable bonds is 6. The molecular weight excluding hydrogens is 232 g/mol. The van der Waals surface area contributed by atoms with Gasteiger partial charge in [0.1, 0.15) is 0 Å². The highest BCUT2D eigenvalue weighted by Crippen LogP contribution is 2.18. The molecule has 0 saturated carbocycles. The van der Waals surface area contributed by atoms with E-state index in [4.69, 9.17) is 4.74 Å². The maximum atomic E-state index is 11.3. The van der Waals surface area contributed by atoms with E-state index in [1.165, 1.54) is 7.11 Å². The largest absolute Gasteiger partial charge is 0.606 e. The van der Waals surface area contributed by atoms with E-state index in [9.17, 15) is 4.79 Å². The molecule has 0 radical (unpaired) electrons. The van der Waals surface area contributed by atoms with Crippen molar-refractivity contribution in [2.24, 2.45) is 5.92 Å². The molecule has 18 heavy (non-hydrogen) atoms. The number of nitrogens with one attached hydrogen (secondary N) is 1. The lowest BCUT2D eigenvalue weighted by Gasteiger charge is -2.27. The molecule has 0 saturated heterocycles. The van der Waals surface area contributed by atoms with Crippen LogP contribution >= 0.6 is 0 Å². The molecule has 0 aliphatic carbocycles. The van der Waals surface area contributed by atoms with E-state index in [0.717, 1.165) is 23.1 Å². The maximum absolute atomic E-state index is 11.3. The van der Waals surface area contributed by atoms with Gasteiger partial charge in [-0.2, -0.15) is 0 Å². The van der Waals surface area contributed by atoms with Crippen LogP contribution < -0.4 is 5.53 Å². The van der Waals surface area contributed by atoms with Gasteiger partial charge in [0.25, 0.3) is 0 Å². The lowest BCUT2D eigenvalue weighted by molar-refractivity contribution is -0.870. The van der Waals surface area contributed by atoms with Crippen LogP contribution in [-0.2, 0) is 9.53 Å². The molecule has 0 fully saturated rings. The Morgan fingerprint density at radius 3 is 2.78 bits per heavy atom. The fraction of sp³-hybridized carbons (Fsp3) is 0.750. The van der Waals surface area contributed by atoms with Crippen molar-refractivity contribution < 1.29 is 14.0 Å². The van der Waals surface area contributed by atoms with E-state index in [-0.39, 0.29) is 11.9 Å². The van der Waals surface area contributed by atoms with Crippen LogP contribution in [0.3, 0.4) is 0 Å². The summed E-state index contributed by atoms with van der Waals surface area (Å²) in [5.41, 5.74) is 8.15. The van der Waals surface area contributed by atoms with Gasteiger partial charge < -0.3 is 25.2 Å². The quantitative estimate of drug-likeness (QED) is 0.565. The van der Waals surface area contributed by atoms with Gasteiger partial charge in [-0.25, -0.2) is 0 Å². The predicted octanol–water partition coefficient (Wildman–Crippen LogP) is 0.842. The summed E-state index contributed by atoms with van der Waals surface area (Å²) in [6.45, 7) is 3.42. The zero-order valence-corrected chi connectivity index (χ0v) is 11.9. The summed E-state index contributed by atoms with van der Waals surface area (Å²) in [5, 5.41) is 1.83. The molecule has 6 nitrogen and oxygen atoms in total. The number of carbonyl (C=O) groups excluding carboxylic acids is 1. The van der Waals surface area contributed by atoms with Crippen LogP contribution in [0.1, 0.15) is 13.3 Å². The van der Waals surface area contributed by atoms with Crippen molar-refractivity contribution in [3.05, 3.63) is 17.3 Å². The average Bonchev–Trinajstić information content (AvgIpc) is 2.72. The molecule has 6 heteroatoms. The summed E-state index contributed by atoms with van der Waals surface area (Å²) in [6.07, 6.45) is 2.87. The molecular formula is C12H24N4O2. The molecule has 0 amide bonds. The van der Waals surface area contributed by atoms with E-state index >= 15 is 0 Å². The SMILES string of the molecule is COC(=O)C(C)CN1C=C(CC[N+](C)(C)C)[N-]N1. The Morgan fingerprint density at radius 1 is 1.56 bits per heavy atom. The minimum absolute atomic E-state index is 0.174. The molecule has 1 N–H and O–H groups in total. The van der Waals surface area contributed by atoms with Crippen LogP contribution in [0, 0.1) is 5.92 Å². The highest BCUT2D eigenvalue weighted by atomic mass is 16.5. The fourth-order valence-corrected chi connectivity index (χ4v) is 1.60. The monoisotopic (exact) mass is 256 g/mol. The van der Waals surface area contributed by atoms with E-state index < -0.39 is 0 Å². The van der Waals surface area contributed by atoms with E-state index in [0.29, 0.717) is 6.54 Å². The van der Waals surface area contributed by atoms with Crippen LogP contribution in [0.4, 0.5) is 0 Å². The Hall–Kier alpha value is -1.27. The highest BCUT2D eigenvalue weighted by Gasteiger charge is 2.16. The zero-order chi connectivity index (χ0) is 13.8. The number of carbonyl (C=O) groups is 1. The van der Waals surface area contributed by atoms with Gasteiger partial charge in [0, 0.05) is 13.0 Å². The van der Waals surface area contributed by atoms with Gasteiger partial charge in [-0.1, -0.05) is 6.92 Å². The van der Waals surface area contributed by atoms with Crippen molar-refractivity contribution >= 4 is 5.97 Å². The predicted molar refractivity (Wildman–Crippen MR) is 70.0 cm³/mol. The van der Waals surface area contributed by atoms with Crippen LogP contribution in [0.15, 0.2) is 11.9 Å². The normalized spacial score (nSPS) is 17.2. The number of ether oxygens (including phenoxy) is 1. The minimum atomic E-state index is -0.204. The second-order valence-electron chi connectivity index (χ2n) is 5.67. The highest BCUT2D eigenvalue weighted by molar-refractivity contribution is 5.72. The van der Waals surface area contributed by atoms with Gasteiger partial charge >= 0.3 is 5.97 Å². The van der Waals surface area contributed by atoms with Gasteiger partial charge in [-0.3, -0.25) is 4.79 Å². The topological polar surface area (TPSA) is 55.7 Å². The van der Waals surface area contributed by atoms with Gasteiger partial charge in [0.2, 0.25) is 0 Å². The van der Waals surface area contributed by atoms with Crippen LogP contribution in [0.2, 0.25) is 0 Å². The molecule has 1 atom stereocenters. The molecule has 0 bridgehead atoms. The molecule has 0 aromatic heterocycles. The lowest BCUT2D eigenvalue weighted by atomic mass is 10.2. The summed E-state index contributed by atoms with van der Waals surface area (Å²) < 4.78 is 5.60. The zero-order valence-electron chi connectivity index (χ0n) is 11.9. The van der Waals surface area contributed by atoms with Crippen LogP contribution in [0.25, 0.3) is 5.43 Å². The molecule has 1 heterocycles. The fourth-order valence-electron chi connectivity index (χ4n) is 1.60. The lowest BCUT2D eigenvalue weighted by Crippen LogP contribution is -2.35. The van der Waals surface area contributed by atoms with E-state index in [1.54, 1.807) is 0 Å². The summed E-state index contributed by atoms with van der Waals surface area (Å²) in [5.74, 6) is -0.378. The summed E-state index contributed by atoms with van der Waals surface area (Å²) in [4.78, 5) is 11.3. The number of hydrogen-bond donors (Lipinski definition) is 1. The van der Waals surface area contributed by atoms with Crippen LogP contribution in [-0.4, -0.2) is 56.8 Å². The third-order valence-corrected chi connectivity index (χ3v) is 2.74. The Labute approximate surface area is 109 Å². The van der Waals surface area contributed by atoms with Gasteiger partial charge in [-0.05, 0) is 6.20 Å². The Bertz CT molecular complexity index is 323. The first-order chi connectivity index (χ1) is 8.31. The molecule has 1 rings (SSSR count). The number of methoxy groups -OCH3 is 1. The second-order valence-corrected chi connectivity index (χ2v) is 5.67. The average molecular weight is 256 g/mol. The van der Waals surface area contributed by atoms with E-state index in [2.05, 4.69) is 32.1 Å². The van der Waals surface area contributed by atoms with Gasteiger partial charge in [0.15, 0.2) is 0 Å². The first kappa shape index (κ1) is 14.8. The minimum Gasteiger partial charge on any atom is -0.606 e. The van der Waals surface area contributed by atoms with Crippen molar-refractivity contribution in [2.75, 3.05) is 41.3 Å². The van der Waals surface area contributed by atoms with Crippen molar-refractivity contribution in [2.45, 2.75) is 13.3 Å². The summed E-state index contributed by atoms with van der Waals surface area (Å²) in [6, 6.07) is 0. The Balaban J connectivity index is 2.39. The molecule has 0 aromatic rings. The molecule has 1 aliphatic heterocycles. The van der Waals surface area contributed by atoms with Crippen molar-refractivity contribution in [1.82, 2.24) is 10.5 Å². The molecule has 0 aromatic carbocycles. The number of nitrogens with zero attached hydrogens (tertiary/aromatic N) is 3. The first-order valence-electron chi connectivity index (χ1n) is 6.14. The Morgan fingerprint density at radius 2 is 2.22 bits per heavy atom. The smallest absolute Gasteiger partial charge is 0.310 e. The standard InChI is InChI=1S/C12H24N4O2/c1-10(12(17)18-5)8-15-9-11(13-14-15)6-7-16(2,3)4/h9-10,14H,6-8H2,1-5H3. The van der Waals surface area contributed by atoms with Crippen molar-refractivity contribution in [1.29, 1.82) is 0 Å². The third kappa shape index (κ3) is 4.93. The van der Waals surface area contributed by atoms with Crippen LogP contribution in [0.5, 0.6) is 0 Å². The molecule has 104 valence electrons. The first-order valence-corrected chi connectivity index (χ1v) is 6.14. The second kappa shape index (κ2) is 6.06. The number of hydrogen-bond acceptors (Lipinski definition) is 4.